The number of ether oxygens (including phenoxy) is 1. The third-order valence-electron chi connectivity index (χ3n) is 3.26. The van der Waals surface area contributed by atoms with E-state index in [1.54, 1.807) is 7.11 Å². The maximum absolute atomic E-state index is 5.89. The van der Waals surface area contributed by atoms with Gasteiger partial charge in [-0.3, -0.25) is 4.90 Å². The molecule has 16 heavy (non-hydrogen) atoms. The summed E-state index contributed by atoms with van der Waals surface area (Å²) < 4.78 is 5.22. The Bertz CT molecular complexity index is 169. The second-order valence-electron chi connectivity index (χ2n) is 4.42. The molecule has 0 aromatic heterocycles. The van der Waals surface area contributed by atoms with Crippen molar-refractivity contribution < 1.29 is 4.74 Å². The van der Waals surface area contributed by atoms with Gasteiger partial charge in [-0.1, -0.05) is 13.8 Å². The summed E-state index contributed by atoms with van der Waals surface area (Å²) in [5.74, 6) is 1.65. The summed E-state index contributed by atoms with van der Waals surface area (Å²) in [6, 6.07) is 1.03. The van der Waals surface area contributed by atoms with Crippen LogP contribution in [0.15, 0.2) is 0 Å². The maximum atomic E-state index is 5.89. The van der Waals surface area contributed by atoms with Crippen molar-refractivity contribution in [3.8, 4) is 0 Å². The van der Waals surface area contributed by atoms with E-state index in [2.05, 4.69) is 32.1 Å². The van der Waals surface area contributed by atoms with Gasteiger partial charge in [-0.15, -0.1) is 0 Å². The monoisotopic (exact) mass is 248 g/mol. The summed E-state index contributed by atoms with van der Waals surface area (Å²) in [6.07, 6.45) is 3.33. The van der Waals surface area contributed by atoms with Crippen LogP contribution in [0.2, 0.25) is 0 Å². The lowest BCUT2D eigenvalue weighted by Crippen LogP contribution is -2.49. The zero-order valence-corrected chi connectivity index (χ0v) is 12.2. The second-order valence-corrected chi connectivity index (χ2v) is 5.33. The number of methoxy groups -OCH3 is 1. The van der Waals surface area contributed by atoms with E-state index in [1.807, 2.05) is 11.8 Å². The van der Waals surface area contributed by atoms with Crippen molar-refractivity contribution in [1.29, 1.82) is 0 Å². The Labute approximate surface area is 105 Å². The summed E-state index contributed by atoms with van der Waals surface area (Å²) >= 11 is 1.90. The van der Waals surface area contributed by atoms with E-state index in [0.29, 0.717) is 24.5 Å². The zero-order chi connectivity index (χ0) is 12.6. The Kier molecular flexibility index (Phi) is 9.41. The minimum atomic E-state index is 0.414. The molecular formula is C12H28N2OS. The first-order valence-corrected chi connectivity index (χ1v) is 7.41. The van der Waals surface area contributed by atoms with E-state index < -0.39 is 0 Å². The van der Waals surface area contributed by atoms with Gasteiger partial charge in [0.15, 0.2) is 0 Å². The third kappa shape index (κ3) is 5.04. The zero-order valence-electron chi connectivity index (χ0n) is 11.4. The predicted octanol–water partition coefficient (Wildman–Crippen LogP) is 1.67. The molecule has 2 N–H and O–H groups in total. The van der Waals surface area contributed by atoms with Crippen LogP contribution < -0.4 is 5.73 Å². The SMILES string of the molecule is CCC(CSC)N(C)C(CN)C(C)COC. The highest BCUT2D eigenvalue weighted by Gasteiger charge is 2.25. The minimum Gasteiger partial charge on any atom is -0.384 e. The molecular weight excluding hydrogens is 220 g/mol. The number of likely N-dealkylation sites (N-methyl/N-ethyl adjacent to an activating group) is 1. The van der Waals surface area contributed by atoms with Gasteiger partial charge in [0.1, 0.15) is 0 Å². The molecule has 0 aliphatic heterocycles. The molecule has 0 amide bonds. The fourth-order valence-corrected chi connectivity index (χ4v) is 3.02. The third-order valence-corrected chi connectivity index (χ3v) is 3.98. The first-order chi connectivity index (χ1) is 7.62. The van der Waals surface area contributed by atoms with Crippen molar-refractivity contribution in [2.24, 2.45) is 11.7 Å². The van der Waals surface area contributed by atoms with E-state index in [0.717, 1.165) is 6.61 Å². The molecule has 0 aliphatic carbocycles. The molecule has 4 heteroatoms. The molecule has 0 rings (SSSR count). The molecule has 98 valence electrons. The molecule has 0 heterocycles. The van der Waals surface area contributed by atoms with Crippen molar-refractivity contribution in [2.75, 3.05) is 39.3 Å². The normalized spacial score (nSPS) is 17.4. The van der Waals surface area contributed by atoms with E-state index in [1.165, 1.54) is 12.2 Å². The molecule has 3 unspecified atom stereocenters. The predicted molar refractivity (Wildman–Crippen MR) is 74.1 cm³/mol. The number of nitrogens with two attached hydrogens (primary N) is 1. The van der Waals surface area contributed by atoms with Crippen molar-refractivity contribution >= 4 is 11.8 Å². The second kappa shape index (κ2) is 9.28. The highest BCUT2D eigenvalue weighted by atomic mass is 32.2. The summed E-state index contributed by atoms with van der Waals surface area (Å²) in [5, 5.41) is 0. The highest BCUT2D eigenvalue weighted by molar-refractivity contribution is 7.98. The fourth-order valence-electron chi connectivity index (χ4n) is 2.16. The molecule has 0 fully saturated rings. The Morgan fingerprint density at radius 1 is 1.44 bits per heavy atom. The lowest BCUT2D eigenvalue weighted by molar-refractivity contribution is 0.0804. The first kappa shape index (κ1) is 16.2. The Morgan fingerprint density at radius 3 is 2.44 bits per heavy atom. The molecule has 0 bridgehead atoms. The summed E-state index contributed by atoms with van der Waals surface area (Å²) in [4.78, 5) is 2.43. The van der Waals surface area contributed by atoms with Crippen LogP contribution in [-0.4, -0.2) is 56.3 Å². The largest absolute Gasteiger partial charge is 0.384 e. The van der Waals surface area contributed by atoms with Gasteiger partial charge >= 0.3 is 0 Å². The van der Waals surface area contributed by atoms with Gasteiger partial charge in [0, 0.05) is 31.5 Å². The topological polar surface area (TPSA) is 38.5 Å². The smallest absolute Gasteiger partial charge is 0.0503 e. The lowest BCUT2D eigenvalue weighted by atomic mass is 10.00. The molecule has 0 aliphatic rings. The average molecular weight is 248 g/mol. The first-order valence-electron chi connectivity index (χ1n) is 6.02. The van der Waals surface area contributed by atoms with E-state index in [9.17, 15) is 0 Å². The van der Waals surface area contributed by atoms with Gasteiger partial charge in [-0.05, 0) is 25.6 Å². The van der Waals surface area contributed by atoms with Gasteiger partial charge < -0.3 is 10.5 Å². The molecule has 0 aromatic carbocycles. The van der Waals surface area contributed by atoms with Gasteiger partial charge in [-0.25, -0.2) is 0 Å². The molecule has 0 spiro atoms. The number of nitrogens with zero attached hydrogens (tertiary/aromatic N) is 1. The number of thioether (sulfide) groups is 1. The van der Waals surface area contributed by atoms with Crippen molar-refractivity contribution in [3.05, 3.63) is 0 Å². The average Bonchev–Trinajstić information content (AvgIpc) is 2.27. The molecule has 3 atom stereocenters. The Morgan fingerprint density at radius 2 is 2.06 bits per heavy atom. The van der Waals surface area contributed by atoms with Crippen LogP contribution in [-0.2, 0) is 4.74 Å². The van der Waals surface area contributed by atoms with Crippen LogP contribution in [0, 0.1) is 5.92 Å². The molecule has 3 nitrogen and oxygen atoms in total. The molecule has 0 radical (unpaired) electrons. The molecule has 0 saturated carbocycles. The summed E-state index contributed by atoms with van der Waals surface area (Å²) in [5.41, 5.74) is 5.89. The van der Waals surface area contributed by atoms with Crippen LogP contribution in [0.1, 0.15) is 20.3 Å². The summed E-state index contributed by atoms with van der Waals surface area (Å²) in [6.45, 7) is 5.93. The van der Waals surface area contributed by atoms with Crippen LogP contribution in [0.5, 0.6) is 0 Å². The minimum absolute atomic E-state index is 0.414. The van der Waals surface area contributed by atoms with Gasteiger partial charge in [-0.2, -0.15) is 11.8 Å². The van der Waals surface area contributed by atoms with Crippen LogP contribution in [0.25, 0.3) is 0 Å². The number of hydrogen-bond donors (Lipinski definition) is 1. The highest BCUT2D eigenvalue weighted by Crippen LogP contribution is 2.16. The van der Waals surface area contributed by atoms with Gasteiger partial charge in [0.05, 0.1) is 6.61 Å². The Hall–Kier alpha value is 0.230. The number of hydrogen-bond acceptors (Lipinski definition) is 4. The molecule has 0 aromatic rings. The standard InChI is InChI=1S/C12H28N2OS/c1-6-11(9-16-5)14(3)12(7-13)10(2)8-15-4/h10-12H,6-9,13H2,1-5H3. The van der Waals surface area contributed by atoms with E-state index in [4.69, 9.17) is 10.5 Å². The number of rotatable bonds is 9. The molecule has 0 saturated heterocycles. The van der Waals surface area contributed by atoms with Crippen molar-refractivity contribution in [1.82, 2.24) is 4.90 Å². The quantitative estimate of drug-likeness (QED) is 0.674. The van der Waals surface area contributed by atoms with Crippen molar-refractivity contribution in [2.45, 2.75) is 32.4 Å². The van der Waals surface area contributed by atoms with Gasteiger partial charge in [0.2, 0.25) is 0 Å². The van der Waals surface area contributed by atoms with Crippen LogP contribution in [0.4, 0.5) is 0 Å². The van der Waals surface area contributed by atoms with E-state index >= 15 is 0 Å². The van der Waals surface area contributed by atoms with Crippen LogP contribution in [0.3, 0.4) is 0 Å². The summed E-state index contributed by atoms with van der Waals surface area (Å²) in [7, 11) is 3.94. The van der Waals surface area contributed by atoms with Gasteiger partial charge in [0.25, 0.3) is 0 Å². The van der Waals surface area contributed by atoms with Crippen LogP contribution >= 0.6 is 11.8 Å². The van der Waals surface area contributed by atoms with E-state index in [-0.39, 0.29) is 0 Å². The van der Waals surface area contributed by atoms with Crippen molar-refractivity contribution in [3.63, 3.8) is 0 Å². The Balaban J connectivity index is 4.41. The fraction of sp³-hybridized carbons (Fsp3) is 1.00. The lowest BCUT2D eigenvalue weighted by Gasteiger charge is -2.37. The maximum Gasteiger partial charge on any atom is 0.0503 e.